The molecule has 0 amide bonds. The average Bonchev–Trinajstić information content (AvgIpc) is 3.27. The third-order valence-corrected chi connectivity index (χ3v) is 6.41. The molecule has 2 N–H and O–H groups in total. The molecule has 3 heterocycles. The number of aliphatic hydroxyl groups excluding tert-OH is 1. The third kappa shape index (κ3) is 4.68. The Morgan fingerprint density at radius 2 is 1.94 bits per heavy atom. The maximum absolute atomic E-state index is 13.9. The number of aromatic amines is 1. The molecule has 0 spiro atoms. The first-order valence-corrected chi connectivity index (χ1v) is 11.3. The average molecular weight is 450 g/mol. The van der Waals surface area contributed by atoms with Crippen molar-refractivity contribution in [1.29, 1.82) is 0 Å². The van der Waals surface area contributed by atoms with Crippen LogP contribution in [-0.2, 0) is 6.42 Å². The lowest BCUT2D eigenvalue weighted by Crippen LogP contribution is -2.48. The van der Waals surface area contributed by atoms with Crippen molar-refractivity contribution in [3.05, 3.63) is 65.9 Å². The van der Waals surface area contributed by atoms with Gasteiger partial charge in [-0.15, -0.1) is 0 Å². The van der Waals surface area contributed by atoms with Gasteiger partial charge >= 0.3 is 0 Å². The first-order chi connectivity index (χ1) is 16.1. The second-order valence-electron chi connectivity index (χ2n) is 8.51. The highest BCUT2D eigenvalue weighted by molar-refractivity contribution is 5.83. The molecule has 1 aliphatic rings. The van der Waals surface area contributed by atoms with E-state index >= 15 is 0 Å². The molecule has 0 bridgehead atoms. The number of hydrogen-bond donors (Lipinski definition) is 2. The number of rotatable bonds is 7. The number of nitrogens with zero attached hydrogens (tertiary/aromatic N) is 4. The smallest absolute Gasteiger partial charge is 0.151 e. The molecule has 5 rings (SSSR count). The van der Waals surface area contributed by atoms with E-state index in [0.717, 1.165) is 72.7 Å². The van der Waals surface area contributed by atoms with E-state index in [0.29, 0.717) is 12.1 Å². The molecular formula is C25H28FN5O2. The Balaban J connectivity index is 1.16. The summed E-state index contributed by atoms with van der Waals surface area (Å²) < 4.78 is 19.2. The summed E-state index contributed by atoms with van der Waals surface area (Å²) in [6, 6.07) is 12.6. The first kappa shape index (κ1) is 21.8. The van der Waals surface area contributed by atoms with Crippen LogP contribution in [0.2, 0.25) is 0 Å². The molecule has 4 aromatic rings. The molecule has 1 aliphatic heterocycles. The number of H-pyrrole nitrogens is 1. The zero-order valence-electron chi connectivity index (χ0n) is 18.7. The Morgan fingerprint density at radius 1 is 1.12 bits per heavy atom. The Bertz CT molecular complexity index is 1250. The maximum Gasteiger partial charge on any atom is 0.151 e. The van der Waals surface area contributed by atoms with Crippen LogP contribution >= 0.6 is 0 Å². The van der Waals surface area contributed by atoms with Crippen LogP contribution in [0, 0.1) is 5.82 Å². The molecule has 8 heteroatoms. The Hall–Kier alpha value is -3.07. The lowest BCUT2D eigenvalue weighted by molar-refractivity contribution is 0.0734. The molecule has 33 heavy (non-hydrogen) atoms. The largest absolute Gasteiger partial charge is 0.497 e. The topological polar surface area (TPSA) is 77.5 Å². The van der Waals surface area contributed by atoms with Crippen LogP contribution < -0.4 is 4.74 Å². The van der Waals surface area contributed by atoms with E-state index in [2.05, 4.69) is 24.8 Å². The summed E-state index contributed by atoms with van der Waals surface area (Å²) in [5, 5.41) is 11.9. The number of β-amino-alcohol motifs (C(OH)–C–C–N with tert-alkyl or cyclic N) is 1. The van der Waals surface area contributed by atoms with Gasteiger partial charge in [-0.25, -0.2) is 9.37 Å². The van der Waals surface area contributed by atoms with Gasteiger partial charge in [-0.3, -0.25) is 9.88 Å². The van der Waals surface area contributed by atoms with E-state index in [1.165, 1.54) is 6.07 Å². The van der Waals surface area contributed by atoms with Gasteiger partial charge in [-0.1, -0.05) is 6.07 Å². The number of nitrogens with one attached hydrogen (secondary N) is 1. The van der Waals surface area contributed by atoms with Crippen molar-refractivity contribution in [3.63, 3.8) is 0 Å². The Kier molecular flexibility index (Phi) is 6.22. The number of pyridine rings is 1. The summed E-state index contributed by atoms with van der Waals surface area (Å²) in [6.07, 6.45) is 1.90. The molecule has 1 unspecified atom stereocenters. The van der Waals surface area contributed by atoms with Crippen molar-refractivity contribution >= 4 is 21.9 Å². The van der Waals surface area contributed by atoms with E-state index in [9.17, 15) is 9.50 Å². The predicted molar refractivity (Wildman–Crippen MR) is 126 cm³/mol. The summed E-state index contributed by atoms with van der Waals surface area (Å²) in [7, 11) is 1.64. The molecule has 1 saturated heterocycles. The molecule has 7 nitrogen and oxygen atoms in total. The molecule has 0 radical (unpaired) electrons. The van der Waals surface area contributed by atoms with Crippen molar-refractivity contribution in [2.45, 2.75) is 12.5 Å². The Morgan fingerprint density at radius 3 is 2.73 bits per heavy atom. The number of ether oxygens (including phenoxy) is 1. The summed E-state index contributed by atoms with van der Waals surface area (Å²) in [5.74, 6) is 1.28. The van der Waals surface area contributed by atoms with Gasteiger partial charge in [0, 0.05) is 57.3 Å². The number of halogens is 1. The number of imidazole rings is 1. The number of fused-ring (bicyclic) bond motifs is 2. The van der Waals surface area contributed by atoms with Crippen LogP contribution in [0.15, 0.2) is 48.7 Å². The third-order valence-electron chi connectivity index (χ3n) is 6.41. The van der Waals surface area contributed by atoms with Crippen molar-refractivity contribution in [2.75, 3.05) is 46.4 Å². The monoisotopic (exact) mass is 449 g/mol. The van der Waals surface area contributed by atoms with E-state index in [1.807, 2.05) is 30.3 Å². The van der Waals surface area contributed by atoms with Gasteiger partial charge in [0.2, 0.25) is 0 Å². The minimum atomic E-state index is -0.598. The molecule has 0 saturated carbocycles. The quantitative estimate of drug-likeness (QED) is 0.451. The summed E-state index contributed by atoms with van der Waals surface area (Å²) in [4.78, 5) is 16.7. The number of aliphatic hydroxyl groups is 1. The molecule has 1 atom stereocenters. The lowest BCUT2D eigenvalue weighted by atomic mass is 10.0. The predicted octanol–water partition coefficient (Wildman–Crippen LogP) is 3.15. The number of benzene rings is 2. The van der Waals surface area contributed by atoms with E-state index in [-0.39, 0.29) is 5.82 Å². The van der Waals surface area contributed by atoms with Gasteiger partial charge in [0.05, 0.1) is 24.2 Å². The van der Waals surface area contributed by atoms with E-state index in [4.69, 9.17) is 4.74 Å². The fourth-order valence-electron chi connectivity index (χ4n) is 4.53. The first-order valence-electron chi connectivity index (χ1n) is 11.3. The van der Waals surface area contributed by atoms with Crippen LogP contribution in [0.4, 0.5) is 4.39 Å². The zero-order chi connectivity index (χ0) is 22.8. The standard InChI is InChI=1S/C25H28FN5O2/c1-33-17-5-6-21-19(15-17)18(7-9-27-21)23(32)16-31-13-11-30(12-14-31)10-8-24-28-22-4-2-3-20(26)25(22)29-24/h2-7,9,15,23,32H,8,10-14,16H2,1H3,(H,28,29). The van der Waals surface area contributed by atoms with Crippen LogP contribution in [0.3, 0.4) is 0 Å². The molecular weight excluding hydrogens is 421 g/mol. The second kappa shape index (κ2) is 9.43. The summed E-state index contributed by atoms with van der Waals surface area (Å²) in [5.41, 5.74) is 2.87. The fourth-order valence-corrected chi connectivity index (χ4v) is 4.53. The SMILES string of the molecule is COc1ccc2nccc(C(O)CN3CCN(CCc4nc5c(F)cccc5[nH]4)CC3)c2c1. The highest BCUT2D eigenvalue weighted by Crippen LogP contribution is 2.27. The highest BCUT2D eigenvalue weighted by Gasteiger charge is 2.21. The molecule has 172 valence electrons. The van der Waals surface area contributed by atoms with Crippen molar-refractivity contribution in [3.8, 4) is 5.75 Å². The maximum atomic E-state index is 13.9. The molecule has 2 aromatic heterocycles. The number of aromatic nitrogens is 3. The molecule has 0 aliphatic carbocycles. The normalized spacial score (nSPS) is 16.5. The van der Waals surface area contributed by atoms with Crippen molar-refractivity contribution < 1.29 is 14.2 Å². The molecule has 1 fully saturated rings. The van der Waals surface area contributed by atoms with E-state index in [1.54, 1.807) is 19.4 Å². The number of hydrogen-bond acceptors (Lipinski definition) is 6. The van der Waals surface area contributed by atoms with Gasteiger partial charge in [-0.05, 0) is 42.0 Å². The second-order valence-corrected chi connectivity index (χ2v) is 8.51. The van der Waals surface area contributed by atoms with Gasteiger partial charge in [0.15, 0.2) is 5.82 Å². The van der Waals surface area contributed by atoms with Gasteiger partial charge in [0.25, 0.3) is 0 Å². The highest BCUT2D eigenvalue weighted by atomic mass is 19.1. The Labute approximate surface area is 191 Å². The van der Waals surface area contributed by atoms with Crippen molar-refractivity contribution in [1.82, 2.24) is 24.8 Å². The van der Waals surface area contributed by atoms with Crippen LogP contribution in [0.1, 0.15) is 17.5 Å². The number of methoxy groups -OCH3 is 1. The summed E-state index contributed by atoms with van der Waals surface area (Å²) >= 11 is 0. The zero-order valence-corrected chi connectivity index (χ0v) is 18.7. The minimum Gasteiger partial charge on any atom is -0.497 e. The minimum absolute atomic E-state index is 0.289. The number of para-hydroxylation sites is 1. The van der Waals surface area contributed by atoms with Crippen LogP contribution in [0.25, 0.3) is 21.9 Å². The van der Waals surface area contributed by atoms with Crippen LogP contribution in [-0.4, -0.2) is 76.2 Å². The number of piperazine rings is 1. The van der Waals surface area contributed by atoms with Gasteiger partial charge in [-0.2, -0.15) is 0 Å². The van der Waals surface area contributed by atoms with Gasteiger partial charge in [0.1, 0.15) is 17.1 Å². The van der Waals surface area contributed by atoms with Crippen molar-refractivity contribution in [2.24, 2.45) is 0 Å². The van der Waals surface area contributed by atoms with Gasteiger partial charge < -0.3 is 19.7 Å². The van der Waals surface area contributed by atoms with Crippen LogP contribution in [0.5, 0.6) is 5.75 Å². The fraction of sp³-hybridized carbons (Fsp3) is 0.360. The molecule has 2 aromatic carbocycles. The lowest BCUT2D eigenvalue weighted by Gasteiger charge is -2.35. The van der Waals surface area contributed by atoms with E-state index < -0.39 is 6.10 Å². The summed E-state index contributed by atoms with van der Waals surface area (Å²) in [6.45, 7) is 5.06.